The van der Waals surface area contributed by atoms with Gasteiger partial charge in [-0.25, -0.2) is 0 Å². The van der Waals surface area contributed by atoms with E-state index in [0.29, 0.717) is 6.42 Å². The maximum Gasteiger partial charge on any atom is 0.0621 e. The molecule has 0 aliphatic carbocycles. The lowest BCUT2D eigenvalue weighted by Crippen LogP contribution is -2.18. The fourth-order valence-electron chi connectivity index (χ4n) is 1.61. The summed E-state index contributed by atoms with van der Waals surface area (Å²) in [6.07, 6.45) is 2.71. The molecule has 0 bridgehead atoms. The molecular weight excluding hydrogens is 220 g/mol. The van der Waals surface area contributed by atoms with Crippen molar-refractivity contribution >= 4 is 11.6 Å². The summed E-state index contributed by atoms with van der Waals surface area (Å²) < 4.78 is 0. The summed E-state index contributed by atoms with van der Waals surface area (Å²) in [6, 6.07) is 10.1. The zero-order chi connectivity index (χ0) is 11.8. The van der Waals surface area contributed by atoms with Gasteiger partial charge in [-0.15, -0.1) is 0 Å². The molecule has 0 heterocycles. The van der Waals surface area contributed by atoms with E-state index in [9.17, 15) is 0 Å². The van der Waals surface area contributed by atoms with Crippen molar-refractivity contribution in [2.24, 2.45) is 0 Å². The standard InChI is InChI=1S/C13H17ClN2/c1-16(9-4-2-3-8-15)11-12-6-5-7-13(14)10-12/h5-7,10H,2-4,9,11H2,1H3. The fourth-order valence-corrected chi connectivity index (χ4v) is 1.82. The molecule has 0 fully saturated rings. The second kappa shape index (κ2) is 7.27. The highest BCUT2D eigenvalue weighted by molar-refractivity contribution is 6.30. The van der Waals surface area contributed by atoms with Gasteiger partial charge < -0.3 is 4.90 Å². The zero-order valence-electron chi connectivity index (χ0n) is 9.62. The van der Waals surface area contributed by atoms with Crippen molar-refractivity contribution in [2.75, 3.05) is 13.6 Å². The van der Waals surface area contributed by atoms with Gasteiger partial charge in [0, 0.05) is 18.0 Å². The van der Waals surface area contributed by atoms with E-state index in [-0.39, 0.29) is 0 Å². The van der Waals surface area contributed by atoms with Crippen LogP contribution < -0.4 is 0 Å². The van der Waals surface area contributed by atoms with Gasteiger partial charge >= 0.3 is 0 Å². The summed E-state index contributed by atoms with van der Waals surface area (Å²) in [4.78, 5) is 2.25. The Morgan fingerprint density at radius 3 is 2.88 bits per heavy atom. The monoisotopic (exact) mass is 236 g/mol. The molecule has 0 aliphatic heterocycles. The molecule has 0 saturated carbocycles. The number of hydrogen-bond donors (Lipinski definition) is 0. The highest BCUT2D eigenvalue weighted by Crippen LogP contribution is 2.12. The van der Waals surface area contributed by atoms with Gasteiger partial charge in [-0.05, 0) is 44.1 Å². The maximum absolute atomic E-state index is 8.42. The third-order valence-electron chi connectivity index (χ3n) is 2.42. The minimum absolute atomic E-state index is 0.658. The molecule has 16 heavy (non-hydrogen) atoms. The SMILES string of the molecule is CN(CCCCC#N)Cc1cccc(Cl)c1. The summed E-state index contributed by atoms with van der Waals surface area (Å²) in [6.45, 7) is 1.93. The smallest absolute Gasteiger partial charge is 0.0621 e. The van der Waals surface area contributed by atoms with Crippen molar-refractivity contribution in [3.8, 4) is 6.07 Å². The average molecular weight is 237 g/mol. The first kappa shape index (κ1) is 13.0. The molecule has 86 valence electrons. The van der Waals surface area contributed by atoms with Crippen LogP contribution in [0.25, 0.3) is 0 Å². The number of hydrogen-bond acceptors (Lipinski definition) is 2. The molecule has 2 nitrogen and oxygen atoms in total. The van der Waals surface area contributed by atoms with Gasteiger partial charge in [0.25, 0.3) is 0 Å². The van der Waals surface area contributed by atoms with Crippen molar-refractivity contribution < 1.29 is 0 Å². The second-order valence-electron chi connectivity index (χ2n) is 3.98. The van der Waals surface area contributed by atoms with E-state index in [0.717, 1.165) is 31.0 Å². The molecule has 0 aliphatic rings. The fraction of sp³-hybridized carbons (Fsp3) is 0.462. The summed E-state index contributed by atoms with van der Waals surface area (Å²) in [5.41, 5.74) is 1.23. The van der Waals surface area contributed by atoms with E-state index in [4.69, 9.17) is 16.9 Å². The molecule has 0 N–H and O–H groups in total. The number of nitriles is 1. The first-order chi connectivity index (χ1) is 7.72. The molecule has 0 amide bonds. The maximum atomic E-state index is 8.42. The first-order valence-electron chi connectivity index (χ1n) is 5.52. The normalized spacial score (nSPS) is 10.4. The van der Waals surface area contributed by atoms with Gasteiger partial charge in [0.05, 0.1) is 6.07 Å². The minimum atomic E-state index is 0.658. The lowest BCUT2D eigenvalue weighted by molar-refractivity contribution is 0.319. The Morgan fingerprint density at radius 1 is 1.38 bits per heavy atom. The zero-order valence-corrected chi connectivity index (χ0v) is 10.4. The van der Waals surface area contributed by atoms with Crippen LogP contribution in [0.2, 0.25) is 5.02 Å². The van der Waals surface area contributed by atoms with E-state index in [1.54, 1.807) is 0 Å². The Morgan fingerprint density at radius 2 is 2.19 bits per heavy atom. The van der Waals surface area contributed by atoms with E-state index in [1.165, 1.54) is 5.56 Å². The summed E-state index contributed by atoms with van der Waals surface area (Å²) >= 11 is 5.92. The van der Waals surface area contributed by atoms with Crippen LogP contribution in [-0.2, 0) is 6.54 Å². The van der Waals surface area contributed by atoms with Crippen molar-refractivity contribution in [1.82, 2.24) is 4.90 Å². The third-order valence-corrected chi connectivity index (χ3v) is 2.66. The van der Waals surface area contributed by atoms with Crippen molar-refractivity contribution in [3.63, 3.8) is 0 Å². The number of rotatable bonds is 6. The van der Waals surface area contributed by atoms with E-state index in [1.807, 2.05) is 18.2 Å². The number of unbranched alkanes of at least 4 members (excludes halogenated alkanes) is 2. The molecule has 0 spiro atoms. The highest BCUT2D eigenvalue weighted by Gasteiger charge is 2.00. The molecule has 0 unspecified atom stereocenters. The first-order valence-corrected chi connectivity index (χ1v) is 5.90. The Bertz CT molecular complexity index is 357. The molecule has 1 aromatic rings. The van der Waals surface area contributed by atoms with E-state index >= 15 is 0 Å². The Balaban J connectivity index is 2.29. The predicted molar refractivity (Wildman–Crippen MR) is 67.3 cm³/mol. The highest BCUT2D eigenvalue weighted by atomic mass is 35.5. The molecule has 0 radical (unpaired) electrons. The number of benzene rings is 1. The average Bonchev–Trinajstić information content (AvgIpc) is 2.24. The van der Waals surface area contributed by atoms with Gasteiger partial charge in [0.15, 0.2) is 0 Å². The van der Waals surface area contributed by atoms with Gasteiger partial charge in [-0.2, -0.15) is 5.26 Å². The Kier molecular flexibility index (Phi) is 5.92. The third kappa shape index (κ3) is 5.16. The summed E-state index contributed by atoms with van der Waals surface area (Å²) in [5, 5.41) is 9.21. The molecule has 1 rings (SSSR count). The lowest BCUT2D eigenvalue weighted by atomic mass is 10.2. The molecule has 0 atom stereocenters. The largest absolute Gasteiger partial charge is 0.302 e. The Hall–Kier alpha value is -1.04. The van der Waals surface area contributed by atoms with Crippen LogP contribution in [0.4, 0.5) is 0 Å². The van der Waals surface area contributed by atoms with Gasteiger partial charge in [-0.3, -0.25) is 0 Å². The predicted octanol–water partition coefficient (Wildman–Crippen LogP) is 3.47. The van der Waals surface area contributed by atoms with Crippen molar-refractivity contribution in [3.05, 3.63) is 34.9 Å². The van der Waals surface area contributed by atoms with Crippen LogP contribution >= 0.6 is 11.6 Å². The van der Waals surface area contributed by atoms with Crippen LogP contribution in [-0.4, -0.2) is 18.5 Å². The number of halogens is 1. The second-order valence-corrected chi connectivity index (χ2v) is 4.42. The molecule has 0 aromatic heterocycles. The Labute approximate surface area is 102 Å². The van der Waals surface area contributed by atoms with Crippen LogP contribution in [0, 0.1) is 11.3 Å². The van der Waals surface area contributed by atoms with Crippen molar-refractivity contribution in [2.45, 2.75) is 25.8 Å². The molecular formula is C13H17ClN2. The molecule has 3 heteroatoms. The van der Waals surface area contributed by atoms with Gasteiger partial charge in [0.2, 0.25) is 0 Å². The minimum Gasteiger partial charge on any atom is -0.302 e. The van der Waals surface area contributed by atoms with Crippen LogP contribution in [0.5, 0.6) is 0 Å². The summed E-state index contributed by atoms with van der Waals surface area (Å²) in [7, 11) is 2.09. The van der Waals surface area contributed by atoms with Gasteiger partial charge in [-0.1, -0.05) is 23.7 Å². The van der Waals surface area contributed by atoms with Gasteiger partial charge in [0.1, 0.15) is 0 Å². The molecule has 0 saturated heterocycles. The van der Waals surface area contributed by atoms with E-state index in [2.05, 4.69) is 24.1 Å². The quantitative estimate of drug-likeness (QED) is 0.708. The van der Waals surface area contributed by atoms with Crippen LogP contribution in [0.3, 0.4) is 0 Å². The van der Waals surface area contributed by atoms with E-state index < -0.39 is 0 Å². The van der Waals surface area contributed by atoms with Crippen LogP contribution in [0.1, 0.15) is 24.8 Å². The summed E-state index contributed by atoms with van der Waals surface area (Å²) in [5.74, 6) is 0. The number of nitrogens with zero attached hydrogens (tertiary/aromatic N) is 2. The van der Waals surface area contributed by atoms with Crippen LogP contribution in [0.15, 0.2) is 24.3 Å². The molecule has 1 aromatic carbocycles. The topological polar surface area (TPSA) is 27.0 Å². The lowest BCUT2D eigenvalue weighted by Gasteiger charge is -2.16. The van der Waals surface area contributed by atoms with Crippen molar-refractivity contribution in [1.29, 1.82) is 5.26 Å².